The second kappa shape index (κ2) is 6.76. The van der Waals surface area contributed by atoms with Crippen LogP contribution in [0.15, 0.2) is 18.2 Å². The molecular weight excluding hydrogens is 267 g/mol. The van der Waals surface area contributed by atoms with E-state index in [9.17, 15) is 0 Å². The number of likely N-dealkylation sites (N-methyl/N-ethyl adjacent to an activating group) is 1. The van der Waals surface area contributed by atoms with Gasteiger partial charge in [0.05, 0.1) is 10.0 Å². The topological polar surface area (TPSA) is 15.3 Å². The average Bonchev–Trinajstić information content (AvgIpc) is 2.37. The molecule has 1 unspecified atom stereocenters. The fourth-order valence-corrected chi connectivity index (χ4v) is 2.93. The number of hydrogen-bond donors (Lipinski definition) is 1. The highest BCUT2D eigenvalue weighted by molar-refractivity contribution is 6.42. The zero-order valence-corrected chi connectivity index (χ0v) is 12.3. The first-order valence-electron chi connectivity index (χ1n) is 6.53. The van der Waals surface area contributed by atoms with Crippen molar-refractivity contribution in [2.45, 2.75) is 31.8 Å². The van der Waals surface area contributed by atoms with Crippen molar-refractivity contribution < 1.29 is 0 Å². The number of halogens is 2. The first-order chi connectivity index (χ1) is 8.70. The minimum atomic E-state index is 0.630. The molecular formula is C14H20Cl2N2. The van der Waals surface area contributed by atoms with Crippen LogP contribution < -0.4 is 5.32 Å². The van der Waals surface area contributed by atoms with Gasteiger partial charge in [0.15, 0.2) is 0 Å². The summed E-state index contributed by atoms with van der Waals surface area (Å²) in [5.74, 6) is 0. The lowest BCUT2D eigenvalue weighted by Gasteiger charge is -2.35. The molecule has 18 heavy (non-hydrogen) atoms. The van der Waals surface area contributed by atoms with Crippen molar-refractivity contribution in [1.29, 1.82) is 0 Å². The van der Waals surface area contributed by atoms with E-state index in [1.807, 2.05) is 19.2 Å². The zero-order chi connectivity index (χ0) is 13.0. The van der Waals surface area contributed by atoms with Gasteiger partial charge < -0.3 is 5.32 Å². The lowest BCUT2D eigenvalue weighted by Crippen LogP contribution is -2.44. The lowest BCUT2D eigenvalue weighted by molar-refractivity contribution is 0.139. The maximum absolute atomic E-state index is 6.07. The Morgan fingerprint density at radius 1 is 1.28 bits per heavy atom. The Bertz CT molecular complexity index is 393. The lowest BCUT2D eigenvalue weighted by atomic mass is 10.0. The van der Waals surface area contributed by atoms with Crippen LogP contribution in [0.5, 0.6) is 0 Å². The summed E-state index contributed by atoms with van der Waals surface area (Å²) in [7, 11) is 2.02. The molecule has 100 valence electrons. The fourth-order valence-electron chi connectivity index (χ4n) is 2.61. The number of hydrogen-bond acceptors (Lipinski definition) is 2. The predicted octanol–water partition coefficient (Wildman–Crippen LogP) is 3.57. The second-order valence-electron chi connectivity index (χ2n) is 4.93. The van der Waals surface area contributed by atoms with Gasteiger partial charge in [0, 0.05) is 19.1 Å². The molecule has 1 aromatic carbocycles. The molecule has 1 N–H and O–H groups in total. The van der Waals surface area contributed by atoms with E-state index in [0.717, 1.165) is 13.1 Å². The van der Waals surface area contributed by atoms with Gasteiger partial charge in [0.1, 0.15) is 0 Å². The van der Waals surface area contributed by atoms with Crippen LogP contribution in [0.3, 0.4) is 0 Å². The third-order valence-corrected chi connectivity index (χ3v) is 4.30. The van der Waals surface area contributed by atoms with Crippen molar-refractivity contribution >= 4 is 23.2 Å². The van der Waals surface area contributed by atoms with Crippen molar-refractivity contribution in [2.75, 3.05) is 20.1 Å². The van der Waals surface area contributed by atoms with Crippen LogP contribution in [-0.4, -0.2) is 31.1 Å². The molecule has 0 bridgehead atoms. The van der Waals surface area contributed by atoms with Gasteiger partial charge in [-0.3, -0.25) is 4.90 Å². The van der Waals surface area contributed by atoms with Gasteiger partial charge in [-0.15, -0.1) is 0 Å². The highest BCUT2D eigenvalue weighted by atomic mass is 35.5. The summed E-state index contributed by atoms with van der Waals surface area (Å²) >= 11 is 12.0. The molecule has 1 fully saturated rings. The van der Waals surface area contributed by atoms with Gasteiger partial charge >= 0.3 is 0 Å². The largest absolute Gasteiger partial charge is 0.318 e. The highest BCUT2D eigenvalue weighted by Gasteiger charge is 2.21. The van der Waals surface area contributed by atoms with E-state index in [2.05, 4.69) is 16.3 Å². The summed E-state index contributed by atoms with van der Waals surface area (Å²) in [5.41, 5.74) is 1.24. The summed E-state index contributed by atoms with van der Waals surface area (Å²) in [6.07, 6.45) is 3.91. The van der Waals surface area contributed by atoms with Gasteiger partial charge in [-0.1, -0.05) is 35.7 Å². The normalized spacial score (nSPS) is 21.2. The number of nitrogens with zero attached hydrogens (tertiary/aromatic N) is 1. The number of benzene rings is 1. The molecule has 4 heteroatoms. The van der Waals surface area contributed by atoms with Crippen molar-refractivity contribution in [1.82, 2.24) is 10.2 Å². The quantitative estimate of drug-likeness (QED) is 0.910. The third kappa shape index (κ3) is 3.61. The molecule has 0 aliphatic carbocycles. The smallest absolute Gasteiger partial charge is 0.0595 e. The van der Waals surface area contributed by atoms with E-state index >= 15 is 0 Å². The van der Waals surface area contributed by atoms with Gasteiger partial charge in [-0.25, -0.2) is 0 Å². The van der Waals surface area contributed by atoms with Crippen molar-refractivity contribution in [3.63, 3.8) is 0 Å². The number of likely N-dealkylation sites (tertiary alicyclic amines) is 1. The number of nitrogens with one attached hydrogen (secondary N) is 1. The van der Waals surface area contributed by atoms with Gasteiger partial charge in [-0.2, -0.15) is 0 Å². The standard InChI is InChI=1S/C14H20Cl2N2/c1-17-9-12-4-2-3-7-18(12)10-11-5-6-13(15)14(16)8-11/h5-6,8,12,17H,2-4,7,9-10H2,1H3. The van der Waals surface area contributed by atoms with E-state index in [1.54, 1.807) is 0 Å². The molecule has 1 atom stereocenters. The molecule has 2 nitrogen and oxygen atoms in total. The first-order valence-corrected chi connectivity index (χ1v) is 7.29. The molecule has 2 rings (SSSR count). The molecule has 0 spiro atoms. The fraction of sp³-hybridized carbons (Fsp3) is 0.571. The molecule has 1 heterocycles. The van der Waals surface area contributed by atoms with Gasteiger partial charge in [0.2, 0.25) is 0 Å². The average molecular weight is 287 g/mol. The Morgan fingerprint density at radius 2 is 2.11 bits per heavy atom. The summed E-state index contributed by atoms with van der Waals surface area (Å²) in [4.78, 5) is 2.54. The second-order valence-corrected chi connectivity index (χ2v) is 5.74. The van der Waals surface area contributed by atoms with Crippen LogP contribution in [0, 0.1) is 0 Å². The monoisotopic (exact) mass is 286 g/mol. The van der Waals surface area contributed by atoms with Crippen molar-refractivity contribution in [2.24, 2.45) is 0 Å². The van der Waals surface area contributed by atoms with Crippen LogP contribution in [0.2, 0.25) is 10.0 Å². The van der Waals surface area contributed by atoms with Crippen LogP contribution in [0.4, 0.5) is 0 Å². The Labute approximate surface area is 119 Å². The number of rotatable bonds is 4. The summed E-state index contributed by atoms with van der Waals surface area (Å²) in [6, 6.07) is 6.57. The van der Waals surface area contributed by atoms with Crippen molar-refractivity contribution in [3.05, 3.63) is 33.8 Å². The van der Waals surface area contributed by atoms with Crippen LogP contribution >= 0.6 is 23.2 Å². The van der Waals surface area contributed by atoms with E-state index in [-0.39, 0.29) is 0 Å². The predicted molar refractivity (Wildman–Crippen MR) is 78.4 cm³/mol. The van der Waals surface area contributed by atoms with Crippen LogP contribution in [-0.2, 0) is 6.54 Å². The van der Waals surface area contributed by atoms with Gasteiger partial charge in [-0.05, 0) is 44.1 Å². The van der Waals surface area contributed by atoms with E-state index < -0.39 is 0 Å². The summed E-state index contributed by atoms with van der Waals surface area (Å²) in [6.45, 7) is 3.19. The van der Waals surface area contributed by atoms with E-state index in [1.165, 1.54) is 31.4 Å². The number of piperidine rings is 1. The van der Waals surface area contributed by atoms with E-state index in [4.69, 9.17) is 23.2 Å². The highest BCUT2D eigenvalue weighted by Crippen LogP contribution is 2.25. The maximum Gasteiger partial charge on any atom is 0.0595 e. The molecule has 0 amide bonds. The Morgan fingerprint density at radius 3 is 2.83 bits per heavy atom. The van der Waals surface area contributed by atoms with Crippen LogP contribution in [0.1, 0.15) is 24.8 Å². The summed E-state index contributed by atoms with van der Waals surface area (Å²) < 4.78 is 0. The molecule has 1 aromatic rings. The molecule has 0 radical (unpaired) electrons. The minimum Gasteiger partial charge on any atom is -0.318 e. The zero-order valence-electron chi connectivity index (χ0n) is 10.8. The van der Waals surface area contributed by atoms with E-state index in [0.29, 0.717) is 16.1 Å². The van der Waals surface area contributed by atoms with Crippen molar-refractivity contribution in [3.8, 4) is 0 Å². The molecule has 0 aromatic heterocycles. The Hall–Kier alpha value is -0.280. The molecule has 1 aliphatic rings. The SMILES string of the molecule is CNCC1CCCCN1Cc1ccc(Cl)c(Cl)c1. The minimum absolute atomic E-state index is 0.630. The molecule has 1 aliphatic heterocycles. The Balaban J connectivity index is 2.03. The maximum atomic E-state index is 6.07. The van der Waals surface area contributed by atoms with Gasteiger partial charge in [0.25, 0.3) is 0 Å². The summed E-state index contributed by atoms with van der Waals surface area (Å²) in [5, 5.41) is 4.56. The molecule has 0 saturated carbocycles. The first kappa shape index (κ1) is 14.1. The van der Waals surface area contributed by atoms with Crippen LogP contribution in [0.25, 0.3) is 0 Å². The Kier molecular flexibility index (Phi) is 5.31. The molecule has 1 saturated heterocycles. The third-order valence-electron chi connectivity index (χ3n) is 3.56.